The fraction of sp³-hybridized carbons (Fsp3) is 0.0909. The molecule has 0 saturated carbocycles. The van der Waals surface area contributed by atoms with Crippen molar-refractivity contribution < 1.29 is 9.32 Å². The lowest BCUT2D eigenvalue weighted by molar-refractivity contribution is 0.101. The summed E-state index contributed by atoms with van der Waals surface area (Å²) in [4.78, 5) is 31.9. The fourth-order valence-corrected chi connectivity index (χ4v) is 3.05. The number of hydrogen-bond donors (Lipinski definition) is 3. The van der Waals surface area contributed by atoms with Crippen LogP contribution in [0, 0.1) is 13.8 Å². The molecule has 2 aromatic heterocycles. The molecule has 0 aliphatic carbocycles. The third-order valence-electron chi connectivity index (χ3n) is 4.54. The van der Waals surface area contributed by atoms with E-state index in [1.807, 2.05) is 0 Å². The molecule has 9 heteroatoms. The van der Waals surface area contributed by atoms with Gasteiger partial charge in [-0.3, -0.25) is 14.6 Å². The molecule has 0 fully saturated rings. The van der Waals surface area contributed by atoms with Gasteiger partial charge in [-0.05, 0) is 50.2 Å². The van der Waals surface area contributed by atoms with Gasteiger partial charge in [0.1, 0.15) is 5.76 Å². The number of aryl methyl sites for hydroxylation is 1. The van der Waals surface area contributed by atoms with Crippen molar-refractivity contribution in [3.8, 4) is 11.3 Å². The molecule has 156 valence electrons. The van der Waals surface area contributed by atoms with E-state index >= 15 is 0 Å². The molecule has 1 amide bonds. The number of nitrogens with zero attached hydrogens (tertiary/aromatic N) is 2. The largest absolute Gasteiger partial charge is 0.361 e. The summed E-state index contributed by atoms with van der Waals surface area (Å²) in [7, 11) is 0. The number of anilines is 3. The summed E-state index contributed by atoms with van der Waals surface area (Å²) < 4.78 is 4.92. The SMILES string of the molecule is Cc1cc(C(=O)Nc2ccc(-c3nc(Nc4ccc(Cl)cc4)[nH]c(=O)c3C)cc2)no1. The Balaban J connectivity index is 1.57. The number of halogens is 1. The van der Waals surface area contributed by atoms with Crippen LogP contribution in [0.15, 0.2) is 63.9 Å². The molecule has 4 rings (SSSR count). The zero-order valence-corrected chi connectivity index (χ0v) is 17.4. The molecule has 0 radical (unpaired) electrons. The van der Waals surface area contributed by atoms with E-state index in [0.717, 1.165) is 11.3 Å². The molecule has 2 aromatic carbocycles. The minimum absolute atomic E-state index is 0.201. The Morgan fingerprint density at radius 1 is 1.03 bits per heavy atom. The molecule has 0 aliphatic rings. The maximum absolute atomic E-state index is 12.4. The summed E-state index contributed by atoms with van der Waals surface area (Å²) in [5.41, 5.74) is 3.02. The van der Waals surface area contributed by atoms with E-state index < -0.39 is 0 Å². The average molecular weight is 436 g/mol. The van der Waals surface area contributed by atoms with Gasteiger partial charge in [0.05, 0.1) is 5.69 Å². The van der Waals surface area contributed by atoms with Crippen LogP contribution < -0.4 is 16.2 Å². The van der Waals surface area contributed by atoms with Crippen molar-refractivity contribution in [2.45, 2.75) is 13.8 Å². The second kappa shape index (κ2) is 8.45. The topological polar surface area (TPSA) is 113 Å². The molecule has 0 atom stereocenters. The third-order valence-corrected chi connectivity index (χ3v) is 4.79. The highest BCUT2D eigenvalue weighted by Crippen LogP contribution is 2.24. The van der Waals surface area contributed by atoms with Crippen LogP contribution in [0.3, 0.4) is 0 Å². The number of amides is 1. The van der Waals surface area contributed by atoms with Crippen molar-refractivity contribution in [2.75, 3.05) is 10.6 Å². The van der Waals surface area contributed by atoms with Gasteiger partial charge >= 0.3 is 0 Å². The third kappa shape index (κ3) is 4.65. The number of aromatic nitrogens is 3. The first-order valence-electron chi connectivity index (χ1n) is 9.37. The lowest BCUT2D eigenvalue weighted by Crippen LogP contribution is -2.15. The molecule has 8 nitrogen and oxygen atoms in total. The molecule has 2 heterocycles. The van der Waals surface area contributed by atoms with E-state index in [2.05, 4.69) is 25.8 Å². The predicted octanol–water partition coefficient (Wildman–Crippen LogP) is 4.69. The number of H-pyrrole nitrogens is 1. The normalized spacial score (nSPS) is 10.7. The first-order chi connectivity index (χ1) is 14.9. The number of carbonyl (C=O) groups excluding carboxylic acids is 1. The van der Waals surface area contributed by atoms with E-state index in [0.29, 0.717) is 33.7 Å². The van der Waals surface area contributed by atoms with Gasteiger partial charge in [-0.2, -0.15) is 0 Å². The standard InChI is InChI=1S/C22H18ClN5O3/c1-12-11-18(28-31-12)21(30)24-16-7-3-14(4-8-16)19-13(2)20(29)27-22(26-19)25-17-9-5-15(23)6-10-17/h3-11H,1-2H3,(H,24,30)(H2,25,26,27,29). The number of nitrogens with one attached hydrogen (secondary N) is 3. The van der Waals surface area contributed by atoms with Crippen molar-refractivity contribution in [2.24, 2.45) is 0 Å². The van der Waals surface area contributed by atoms with E-state index in [1.165, 1.54) is 0 Å². The molecule has 0 saturated heterocycles. The first kappa shape index (κ1) is 20.4. The quantitative estimate of drug-likeness (QED) is 0.419. The van der Waals surface area contributed by atoms with Crippen LogP contribution >= 0.6 is 11.6 Å². The predicted molar refractivity (Wildman–Crippen MR) is 119 cm³/mol. The van der Waals surface area contributed by atoms with Crippen molar-refractivity contribution in [1.82, 2.24) is 15.1 Å². The zero-order valence-electron chi connectivity index (χ0n) is 16.7. The lowest BCUT2D eigenvalue weighted by atomic mass is 10.1. The van der Waals surface area contributed by atoms with Crippen LogP contribution in [0.1, 0.15) is 21.8 Å². The molecule has 0 bridgehead atoms. The van der Waals surface area contributed by atoms with E-state index in [-0.39, 0.29) is 17.2 Å². The minimum atomic E-state index is -0.371. The number of rotatable bonds is 5. The second-order valence-electron chi connectivity index (χ2n) is 6.87. The summed E-state index contributed by atoms with van der Waals surface area (Å²) in [6.45, 7) is 3.42. The fourth-order valence-electron chi connectivity index (χ4n) is 2.92. The summed E-state index contributed by atoms with van der Waals surface area (Å²) in [5.74, 6) is 0.496. The Labute approximate surface area is 182 Å². The first-order valence-corrected chi connectivity index (χ1v) is 9.75. The van der Waals surface area contributed by atoms with Crippen LogP contribution in [0.4, 0.5) is 17.3 Å². The molecule has 4 aromatic rings. The molecular formula is C22H18ClN5O3. The second-order valence-corrected chi connectivity index (χ2v) is 7.31. The molecular weight excluding hydrogens is 418 g/mol. The van der Waals surface area contributed by atoms with Crippen LogP contribution in [0.5, 0.6) is 0 Å². The van der Waals surface area contributed by atoms with Crippen LogP contribution in [-0.4, -0.2) is 21.0 Å². The van der Waals surface area contributed by atoms with Gasteiger partial charge in [-0.15, -0.1) is 0 Å². The van der Waals surface area contributed by atoms with Crippen molar-refractivity contribution in [1.29, 1.82) is 0 Å². The maximum atomic E-state index is 12.4. The van der Waals surface area contributed by atoms with Gasteiger partial charge in [0.25, 0.3) is 11.5 Å². The molecule has 0 spiro atoms. The smallest absolute Gasteiger partial charge is 0.277 e. The summed E-state index contributed by atoms with van der Waals surface area (Å²) in [6.07, 6.45) is 0. The lowest BCUT2D eigenvalue weighted by Gasteiger charge is -2.10. The number of carbonyl (C=O) groups is 1. The minimum Gasteiger partial charge on any atom is -0.361 e. The summed E-state index contributed by atoms with van der Waals surface area (Å²) in [6, 6.07) is 15.6. The van der Waals surface area contributed by atoms with Gasteiger partial charge in [0.2, 0.25) is 5.95 Å². The van der Waals surface area contributed by atoms with Gasteiger partial charge in [-0.25, -0.2) is 4.98 Å². The Kier molecular flexibility index (Phi) is 5.55. The van der Waals surface area contributed by atoms with E-state index in [4.69, 9.17) is 16.1 Å². The van der Waals surface area contributed by atoms with Crippen LogP contribution in [0.2, 0.25) is 5.02 Å². The molecule has 0 unspecified atom stereocenters. The summed E-state index contributed by atoms with van der Waals surface area (Å²) in [5, 5.41) is 10.1. The van der Waals surface area contributed by atoms with E-state index in [1.54, 1.807) is 68.4 Å². The molecule has 31 heavy (non-hydrogen) atoms. The van der Waals surface area contributed by atoms with Crippen LogP contribution in [-0.2, 0) is 0 Å². The number of hydrogen-bond acceptors (Lipinski definition) is 6. The Morgan fingerprint density at radius 2 is 1.71 bits per heavy atom. The van der Waals surface area contributed by atoms with Gasteiger partial charge in [0, 0.05) is 33.6 Å². The number of benzene rings is 2. The highest BCUT2D eigenvalue weighted by atomic mass is 35.5. The van der Waals surface area contributed by atoms with Gasteiger partial charge in [-0.1, -0.05) is 28.9 Å². The van der Waals surface area contributed by atoms with E-state index in [9.17, 15) is 9.59 Å². The van der Waals surface area contributed by atoms with Gasteiger partial charge in [0.15, 0.2) is 5.69 Å². The Hall–Kier alpha value is -3.91. The van der Waals surface area contributed by atoms with Crippen molar-refractivity contribution >= 4 is 34.8 Å². The highest BCUT2D eigenvalue weighted by molar-refractivity contribution is 6.30. The van der Waals surface area contributed by atoms with Gasteiger partial charge < -0.3 is 15.2 Å². The van der Waals surface area contributed by atoms with Crippen molar-refractivity contribution in [3.05, 3.63) is 87.0 Å². The Bertz CT molecular complexity index is 1290. The van der Waals surface area contributed by atoms with Crippen LogP contribution in [0.25, 0.3) is 11.3 Å². The monoisotopic (exact) mass is 435 g/mol. The number of aromatic amines is 1. The Morgan fingerprint density at radius 3 is 2.35 bits per heavy atom. The molecule has 0 aliphatic heterocycles. The average Bonchev–Trinajstić information content (AvgIpc) is 3.19. The highest BCUT2D eigenvalue weighted by Gasteiger charge is 2.13. The zero-order chi connectivity index (χ0) is 22.0. The maximum Gasteiger partial charge on any atom is 0.277 e. The summed E-state index contributed by atoms with van der Waals surface area (Å²) >= 11 is 5.91. The molecule has 3 N–H and O–H groups in total. The van der Waals surface area contributed by atoms with Crippen molar-refractivity contribution in [3.63, 3.8) is 0 Å².